The Morgan fingerprint density at radius 1 is 1.52 bits per heavy atom. The molecule has 0 bridgehead atoms. The van der Waals surface area contributed by atoms with Crippen LogP contribution in [0.2, 0.25) is 5.02 Å². The molecule has 0 unspecified atom stereocenters. The highest BCUT2D eigenvalue weighted by molar-refractivity contribution is 6.32. The molecule has 122 valence electrons. The number of anilines is 1. The Labute approximate surface area is 137 Å². The number of carbonyl (C=O) groups is 1. The molecule has 0 radical (unpaired) electrons. The number of amidine groups is 1. The first-order valence-corrected chi connectivity index (χ1v) is 6.95. The van der Waals surface area contributed by atoms with Crippen molar-refractivity contribution in [3.63, 3.8) is 0 Å². The van der Waals surface area contributed by atoms with Gasteiger partial charge in [-0.2, -0.15) is 5.10 Å². The molecule has 1 aromatic heterocycles. The van der Waals surface area contributed by atoms with Crippen molar-refractivity contribution in [2.75, 3.05) is 19.0 Å². The second kappa shape index (κ2) is 7.50. The molecule has 1 aromatic carbocycles. The van der Waals surface area contributed by atoms with Gasteiger partial charge in [0.2, 0.25) is 0 Å². The molecule has 0 atom stereocenters. The van der Waals surface area contributed by atoms with Gasteiger partial charge in [0.05, 0.1) is 23.9 Å². The predicted molar refractivity (Wildman–Crippen MR) is 86.5 cm³/mol. The average Bonchev–Trinajstić information content (AvgIpc) is 2.94. The average molecular weight is 338 g/mol. The van der Waals surface area contributed by atoms with Gasteiger partial charge in [-0.3, -0.25) is 9.48 Å². The molecule has 3 N–H and O–H groups in total. The van der Waals surface area contributed by atoms with Gasteiger partial charge < -0.3 is 20.6 Å². The molecule has 8 nitrogen and oxygen atoms in total. The molecule has 0 aliphatic rings. The molecule has 23 heavy (non-hydrogen) atoms. The number of hydrogen-bond acceptors (Lipinski definition) is 5. The molecular weight excluding hydrogens is 322 g/mol. The van der Waals surface area contributed by atoms with Crippen LogP contribution in [0, 0.1) is 0 Å². The summed E-state index contributed by atoms with van der Waals surface area (Å²) in [5.41, 5.74) is 6.84. The van der Waals surface area contributed by atoms with Crippen LogP contribution in [0.25, 0.3) is 0 Å². The highest BCUT2D eigenvalue weighted by Crippen LogP contribution is 2.27. The molecule has 0 fully saturated rings. The van der Waals surface area contributed by atoms with Crippen LogP contribution in [-0.2, 0) is 16.7 Å². The molecule has 1 amide bonds. The maximum atomic E-state index is 11.8. The fraction of sp³-hybridized carbons (Fsp3) is 0.214. The number of carbonyl (C=O) groups excluding carboxylic acids is 1. The summed E-state index contributed by atoms with van der Waals surface area (Å²) in [7, 11) is 3.27. The fourth-order valence-corrected chi connectivity index (χ4v) is 1.97. The predicted octanol–water partition coefficient (Wildman–Crippen LogP) is 1.36. The van der Waals surface area contributed by atoms with Gasteiger partial charge in [-0.1, -0.05) is 16.8 Å². The number of benzene rings is 1. The maximum Gasteiger partial charge on any atom is 0.265 e. The lowest BCUT2D eigenvalue weighted by molar-refractivity contribution is -0.120. The van der Waals surface area contributed by atoms with E-state index in [0.717, 1.165) is 0 Å². The third-order valence-corrected chi connectivity index (χ3v) is 3.09. The minimum atomic E-state index is -0.394. The van der Waals surface area contributed by atoms with E-state index >= 15 is 0 Å². The second-order valence-corrected chi connectivity index (χ2v) is 4.96. The van der Waals surface area contributed by atoms with E-state index in [1.165, 1.54) is 7.11 Å². The number of nitrogens with zero attached hydrogens (tertiary/aromatic N) is 3. The molecule has 0 spiro atoms. The van der Waals surface area contributed by atoms with Crippen LogP contribution in [-0.4, -0.2) is 35.2 Å². The number of rotatable bonds is 6. The SMILES string of the molecule is COc1ccc(NC(=O)CO/N=C(/N)c2cnn(C)c2)cc1Cl. The minimum absolute atomic E-state index is 0.137. The molecule has 0 aliphatic heterocycles. The summed E-state index contributed by atoms with van der Waals surface area (Å²) in [4.78, 5) is 16.7. The van der Waals surface area contributed by atoms with Gasteiger partial charge in [0.25, 0.3) is 5.91 Å². The monoisotopic (exact) mass is 337 g/mol. The van der Waals surface area contributed by atoms with E-state index in [9.17, 15) is 4.79 Å². The normalized spacial score (nSPS) is 11.2. The van der Waals surface area contributed by atoms with Crippen LogP contribution in [0.3, 0.4) is 0 Å². The molecule has 0 aliphatic carbocycles. The summed E-state index contributed by atoms with van der Waals surface area (Å²) in [5, 5.41) is 10.6. The van der Waals surface area contributed by atoms with Gasteiger partial charge in [0.15, 0.2) is 12.4 Å². The third-order valence-electron chi connectivity index (χ3n) is 2.79. The summed E-state index contributed by atoms with van der Waals surface area (Å²) in [5.74, 6) is 0.266. The number of halogens is 1. The molecule has 0 saturated heterocycles. The van der Waals surface area contributed by atoms with Crippen LogP contribution < -0.4 is 15.8 Å². The quantitative estimate of drug-likeness (QED) is 0.470. The van der Waals surface area contributed by atoms with Crippen LogP contribution in [0.1, 0.15) is 5.56 Å². The van der Waals surface area contributed by atoms with Crippen molar-refractivity contribution in [1.82, 2.24) is 9.78 Å². The van der Waals surface area contributed by atoms with E-state index in [0.29, 0.717) is 22.0 Å². The zero-order chi connectivity index (χ0) is 16.8. The third kappa shape index (κ3) is 4.62. The smallest absolute Gasteiger partial charge is 0.265 e. The number of nitrogens with two attached hydrogens (primary N) is 1. The van der Waals surface area contributed by atoms with Crippen LogP contribution in [0.4, 0.5) is 5.69 Å². The Balaban J connectivity index is 1.86. The largest absolute Gasteiger partial charge is 0.495 e. The summed E-state index contributed by atoms with van der Waals surface area (Å²) >= 11 is 5.97. The van der Waals surface area contributed by atoms with Crippen molar-refractivity contribution in [3.05, 3.63) is 41.2 Å². The topological polar surface area (TPSA) is 104 Å². The Kier molecular flexibility index (Phi) is 5.42. The number of oxime groups is 1. The highest BCUT2D eigenvalue weighted by Gasteiger charge is 2.07. The number of nitrogens with one attached hydrogen (secondary N) is 1. The van der Waals surface area contributed by atoms with Gasteiger partial charge in [-0.05, 0) is 18.2 Å². The van der Waals surface area contributed by atoms with Crippen molar-refractivity contribution in [2.24, 2.45) is 17.9 Å². The van der Waals surface area contributed by atoms with Crippen molar-refractivity contribution in [2.45, 2.75) is 0 Å². The summed E-state index contributed by atoms with van der Waals surface area (Å²) < 4.78 is 6.61. The van der Waals surface area contributed by atoms with E-state index in [2.05, 4.69) is 15.6 Å². The first-order chi connectivity index (χ1) is 11.0. The molecule has 0 saturated carbocycles. The summed E-state index contributed by atoms with van der Waals surface area (Å²) in [6.07, 6.45) is 3.23. The van der Waals surface area contributed by atoms with Gasteiger partial charge in [-0.25, -0.2) is 0 Å². The second-order valence-electron chi connectivity index (χ2n) is 4.55. The lowest BCUT2D eigenvalue weighted by atomic mass is 10.3. The minimum Gasteiger partial charge on any atom is -0.495 e. The van der Waals surface area contributed by atoms with E-state index in [1.807, 2.05) is 0 Å². The van der Waals surface area contributed by atoms with E-state index < -0.39 is 5.91 Å². The number of ether oxygens (including phenoxy) is 1. The van der Waals surface area contributed by atoms with E-state index in [4.69, 9.17) is 26.9 Å². The first-order valence-electron chi connectivity index (χ1n) is 6.57. The van der Waals surface area contributed by atoms with E-state index in [1.54, 1.807) is 42.3 Å². The standard InChI is InChI=1S/C14H16ClN5O3/c1-20-7-9(6-17-20)14(16)19-23-8-13(21)18-10-3-4-12(22-2)11(15)5-10/h3-7H,8H2,1-2H3,(H2,16,19)(H,18,21). The Hall–Kier alpha value is -2.74. The number of methoxy groups -OCH3 is 1. The lowest BCUT2D eigenvalue weighted by Crippen LogP contribution is -2.19. The molecule has 2 rings (SSSR count). The van der Waals surface area contributed by atoms with Crippen LogP contribution in [0.15, 0.2) is 35.7 Å². The lowest BCUT2D eigenvalue weighted by Gasteiger charge is -2.07. The summed E-state index contributed by atoms with van der Waals surface area (Å²) in [6.45, 7) is -0.287. The van der Waals surface area contributed by atoms with Crippen molar-refractivity contribution in [1.29, 1.82) is 0 Å². The Morgan fingerprint density at radius 2 is 2.30 bits per heavy atom. The Morgan fingerprint density at radius 3 is 2.91 bits per heavy atom. The van der Waals surface area contributed by atoms with Crippen molar-refractivity contribution < 1.29 is 14.4 Å². The first kappa shape index (κ1) is 16.6. The van der Waals surface area contributed by atoms with Gasteiger partial charge in [0, 0.05) is 18.9 Å². The Bertz CT molecular complexity index is 729. The summed E-state index contributed by atoms with van der Waals surface area (Å²) in [6, 6.07) is 4.89. The van der Waals surface area contributed by atoms with Crippen LogP contribution >= 0.6 is 11.6 Å². The fourth-order valence-electron chi connectivity index (χ4n) is 1.71. The molecule has 2 aromatic rings. The molecule has 1 heterocycles. The van der Waals surface area contributed by atoms with Crippen LogP contribution in [0.5, 0.6) is 5.75 Å². The highest BCUT2D eigenvalue weighted by atomic mass is 35.5. The molecule has 9 heteroatoms. The van der Waals surface area contributed by atoms with Gasteiger partial charge in [0.1, 0.15) is 5.75 Å². The van der Waals surface area contributed by atoms with Crippen molar-refractivity contribution in [3.8, 4) is 5.75 Å². The number of hydrogen-bond donors (Lipinski definition) is 2. The molecular formula is C14H16ClN5O3. The van der Waals surface area contributed by atoms with E-state index in [-0.39, 0.29) is 12.4 Å². The maximum absolute atomic E-state index is 11.8. The number of amides is 1. The zero-order valence-electron chi connectivity index (χ0n) is 12.6. The zero-order valence-corrected chi connectivity index (χ0v) is 13.4. The number of aromatic nitrogens is 2. The van der Waals surface area contributed by atoms with Gasteiger partial charge in [-0.15, -0.1) is 0 Å². The number of aryl methyl sites for hydroxylation is 1. The van der Waals surface area contributed by atoms with Crippen molar-refractivity contribution >= 4 is 29.0 Å². The van der Waals surface area contributed by atoms with Gasteiger partial charge >= 0.3 is 0 Å².